The van der Waals surface area contributed by atoms with Gasteiger partial charge in [0.15, 0.2) is 10.8 Å². The zero-order chi connectivity index (χ0) is 21.6. The summed E-state index contributed by atoms with van der Waals surface area (Å²) in [4.78, 5) is 15.7. The van der Waals surface area contributed by atoms with E-state index in [4.69, 9.17) is 0 Å². The number of thiazole rings is 1. The summed E-state index contributed by atoms with van der Waals surface area (Å²) >= 11 is 1.50. The molecule has 2 N–H and O–H groups in total. The topological polar surface area (TPSA) is 88.8 Å². The molecule has 7 nitrogen and oxygen atoms in total. The summed E-state index contributed by atoms with van der Waals surface area (Å²) < 4.78 is 41.4. The lowest BCUT2D eigenvalue weighted by Gasteiger charge is -2.27. The first-order valence-corrected chi connectivity index (χ1v) is 10.8. The minimum absolute atomic E-state index is 0.00797. The van der Waals surface area contributed by atoms with Crippen LogP contribution in [0, 0.1) is 0 Å². The Bertz CT molecular complexity index is 1240. The normalized spacial score (nSPS) is 19.9. The average Bonchev–Trinajstić information content (AvgIpc) is 3.32. The number of aliphatic hydroxyl groups is 1. The first-order chi connectivity index (χ1) is 14.9. The van der Waals surface area contributed by atoms with E-state index < -0.39 is 12.0 Å². The van der Waals surface area contributed by atoms with Crippen LogP contribution >= 0.6 is 11.3 Å². The fourth-order valence-corrected chi connectivity index (χ4v) is 4.86. The van der Waals surface area contributed by atoms with Gasteiger partial charge in [-0.25, -0.2) is 19.9 Å². The van der Waals surface area contributed by atoms with Gasteiger partial charge in [-0.15, -0.1) is 0 Å². The van der Waals surface area contributed by atoms with E-state index in [1.165, 1.54) is 17.7 Å². The van der Waals surface area contributed by atoms with Crippen molar-refractivity contribution in [1.29, 1.82) is 0 Å². The Kier molecular flexibility index (Phi) is 5.01. The molecule has 0 spiro atoms. The van der Waals surface area contributed by atoms with E-state index in [0.717, 1.165) is 52.8 Å². The van der Waals surface area contributed by atoms with E-state index in [9.17, 15) is 18.3 Å². The maximum atomic E-state index is 13.0. The van der Waals surface area contributed by atoms with Crippen LogP contribution in [0.15, 0.2) is 30.7 Å². The van der Waals surface area contributed by atoms with Gasteiger partial charge < -0.3 is 15.0 Å². The zero-order valence-electron chi connectivity index (χ0n) is 16.3. The van der Waals surface area contributed by atoms with E-state index >= 15 is 0 Å². The van der Waals surface area contributed by atoms with Gasteiger partial charge in [-0.05, 0) is 30.5 Å². The van der Waals surface area contributed by atoms with Crippen LogP contribution in [0.2, 0.25) is 0 Å². The Morgan fingerprint density at radius 3 is 2.77 bits per heavy atom. The molecule has 11 heteroatoms. The quantitative estimate of drug-likeness (QED) is 0.486. The van der Waals surface area contributed by atoms with Crippen LogP contribution in [0.3, 0.4) is 0 Å². The standard InChI is InChI=1S/C20H19F3N6OS/c21-20(22,23)18-24-8-14-17(28-18)29(10-25-14)9-11-5-6-13-16(7-11)31-19(27-13)26-12-3-1-2-4-15(12)30/h5-8,10,12,15,30H,1-4,9H2,(H,26,27)/t12-,15-/m1/s1. The molecule has 3 heterocycles. The molecule has 1 aliphatic rings. The third-order valence-corrected chi connectivity index (χ3v) is 6.41. The van der Waals surface area contributed by atoms with E-state index in [2.05, 4.69) is 25.3 Å². The molecule has 3 aromatic heterocycles. The molecule has 162 valence electrons. The lowest BCUT2D eigenvalue weighted by atomic mass is 9.93. The number of nitrogens with zero attached hydrogens (tertiary/aromatic N) is 5. The minimum Gasteiger partial charge on any atom is -0.391 e. The van der Waals surface area contributed by atoms with Gasteiger partial charge in [0.2, 0.25) is 5.82 Å². The Labute approximate surface area is 179 Å². The van der Waals surface area contributed by atoms with Gasteiger partial charge in [0.25, 0.3) is 0 Å². The van der Waals surface area contributed by atoms with E-state index in [1.54, 1.807) is 4.57 Å². The number of alkyl halides is 3. The number of aliphatic hydroxyl groups excluding tert-OH is 1. The van der Waals surface area contributed by atoms with E-state index in [1.807, 2.05) is 18.2 Å². The van der Waals surface area contributed by atoms with E-state index in [0.29, 0.717) is 12.1 Å². The number of nitrogens with one attached hydrogen (secondary N) is 1. The van der Waals surface area contributed by atoms with Gasteiger partial charge in [0, 0.05) is 0 Å². The number of anilines is 1. The highest BCUT2D eigenvalue weighted by molar-refractivity contribution is 7.22. The molecule has 1 saturated carbocycles. The van der Waals surface area contributed by atoms with Gasteiger partial charge in [-0.2, -0.15) is 13.2 Å². The molecule has 0 aliphatic heterocycles. The molecule has 0 saturated heterocycles. The van der Waals surface area contributed by atoms with Crippen molar-refractivity contribution in [2.45, 2.75) is 50.6 Å². The summed E-state index contributed by atoms with van der Waals surface area (Å²) in [5, 5.41) is 14.3. The number of imidazole rings is 1. The molecule has 5 rings (SSSR count). The number of rotatable bonds is 4. The third-order valence-electron chi connectivity index (χ3n) is 5.46. The lowest BCUT2D eigenvalue weighted by Crippen LogP contribution is -2.36. The van der Waals surface area contributed by atoms with Gasteiger partial charge in [-0.1, -0.05) is 30.2 Å². The summed E-state index contributed by atoms with van der Waals surface area (Å²) in [7, 11) is 0. The van der Waals surface area contributed by atoms with Crippen LogP contribution in [0.5, 0.6) is 0 Å². The van der Waals surface area contributed by atoms with Crippen molar-refractivity contribution in [3.05, 3.63) is 42.1 Å². The lowest BCUT2D eigenvalue weighted by molar-refractivity contribution is -0.144. The fourth-order valence-electron chi connectivity index (χ4n) is 3.87. The molecule has 1 aromatic carbocycles. The van der Waals surface area contributed by atoms with Gasteiger partial charge in [0.1, 0.15) is 5.52 Å². The largest absolute Gasteiger partial charge is 0.451 e. The summed E-state index contributed by atoms with van der Waals surface area (Å²) in [6, 6.07) is 5.75. The Balaban J connectivity index is 1.39. The second-order valence-electron chi connectivity index (χ2n) is 7.70. The predicted molar refractivity (Wildman–Crippen MR) is 111 cm³/mol. The summed E-state index contributed by atoms with van der Waals surface area (Å²) in [5.41, 5.74) is 2.18. The number of hydrogen-bond acceptors (Lipinski definition) is 7. The fraction of sp³-hybridized carbons (Fsp3) is 0.400. The van der Waals surface area contributed by atoms with Crippen LogP contribution in [0.1, 0.15) is 37.1 Å². The highest BCUT2D eigenvalue weighted by Crippen LogP contribution is 2.31. The maximum absolute atomic E-state index is 13.0. The van der Waals surface area contributed by atoms with Crippen molar-refractivity contribution in [2.24, 2.45) is 0 Å². The maximum Gasteiger partial charge on any atom is 0.451 e. The smallest absolute Gasteiger partial charge is 0.391 e. The van der Waals surface area contributed by atoms with Crippen LogP contribution in [-0.2, 0) is 12.7 Å². The van der Waals surface area contributed by atoms with Gasteiger partial charge in [-0.3, -0.25) is 0 Å². The summed E-state index contributed by atoms with van der Waals surface area (Å²) in [5.74, 6) is -1.18. The molecule has 1 fully saturated rings. The van der Waals surface area contributed by atoms with Crippen molar-refractivity contribution in [3.63, 3.8) is 0 Å². The number of hydrogen-bond donors (Lipinski definition) is 2. The number of aromatic nitrogens is 5. The third kappa shape index (κ3) is 4.07. The highest BCUT2D eigenvalue weighted by atomic mass is 32.1. The second-order valence-corrected chi connectivity index (χ2v) is 8.73. The predicted octanol–water partition coefficient (Wildman–Crippen LogP) is 4.22. The number of benzene rings is 1. The number of fused-ring (bicyclic) bond motifs is 2. The molecule has 4 aromatic rings. The van der Waals surface area contributed by atoms with E-state index in [-0.39, 0.29) is 17.8 Å². The molecule has 0 radical (unpaired) electrons. The van der Waals surface area contributed by atoms with Crippen molar-refractivity contribution < 1.29 is 18.3 Å². The SMILES string of the molecule is O[C@@H]1CCCC[C@H]1Nc1nc2ccc(Cn3cnc4cnc(C(F)(F)F)nc43)cc2s1. The second kappa shape index (κ2) is 7.72. The summed E-state index contributed by atoms with van der Waals surface area (Å²) in [6.07, 6.45) is 1.42. The zero-order valence-corrected chi connectivity index (χ0v) is 17.1. The van der Waals surface area contributed by atoms with Crippen molar-refractivity contribution in [2.75, 3.05) is 5.32 Å². The molecule has 1 aliphatic carbocycles. The Hall–Kier alpha value is -2.79. The summed E-state index contributed by atoms with van der Waals surface area (Å²) in [6.45, 7) is 0.322. The molecular formula is C20H19F3N6OS. The number of halogens is 3. The van der Waals surface area contributed by atoms with Crippen LogP contribution in [0.25, 0.3) is 21.4 Å². The van der Waals surface area contributed by atoms with Crippen LogP contribution in [0.4, 0.5) is 18.3 Å². The van der Waals surface area contributed by atoms with Crippen molar-refractivity contribution in [3.8, 4) is 0 Å². The molecular weight excluding hydrogens is 429 g/mol. The minimum atomic E-state index is -4.61. The first kappa shape index (κ1) is 20.1. The van der Waals surface area contributed by atoms with Crippen molar-refractivity contribution >= 4 is 37.8 Å². The molecule has 0 unspecified atom stereocenters. The molecule has 0 bridgehead atoms. The van der Waals surface area contributed by atoms with Crippen LogP contribution in [-0.4, -0.2) is 41.8 Å². The Morgan fingerprint density at radius 1 is 1.13 bits per heavy atom. The Morgan fingerprint density at radius 2 is 1.97 bits per heavy atom. The van der Waals surface area contributed by atoms with Crippen molar-refractivity contribution in [1.82, 2.24) is 24.5 Å². The molecule has 0 amide bonds. The average molecular weight is 448 g/mol. The van der Waals surface area contributed by atoms with Gasteiger partial charge in [0.05, 0.1) is 41.4 Å². The van der Waals surface area contributed by atoms with Crippen LogP contribution < -0.4 is 5.32 Å². The molecule has 31 heavy (non-hydrogen) atoms. The van der Waals surface area contributed by atoms with Gasteiger partial charge >= 0.3 is 6.18 Å². The first-order valence-electron chi connectivity index (χ1n) is 9.96. The highest BCUT2D eigenvalue weighted by Gasteiger charge is 2.35. The monoisotopic (exact) mass is 448 g/mol. The molecule has 2 atom stereocenters.